The molecule has 0 unspecified atom stereocenters. The standard InChI is InChI=1S/C6H14O6.C6H12O5/c7-1-3(9)5(11)6(12)4(10)2-8;1-3(8)5(10)6(11)4(9)2-7/h3-12H,1-2H2;2-6,8-11H,1H3/t3-,4+,5-,6-;3-,4+,5+,6-/m11/s1. The average Bonchev–Trinajstić information content (AvgIpc) is 2.56. The fourth-order valence-electron chi connectivity index (χ4n) is 1.24. The summed E-state index contributed by atoms with van der Waals surface area (Å²) in [4.78, 5) is 9.87. The number of aldehydes is 1. The number of carbonyl (C=O) groups excluding carboxylic acids is 1. The van der Waals surface area contributed by atoms with Crippen molar-refractivity contribution in [2.75, 3.05) is 13.2 Å². The minimum Gasteiger partial charge on any atom is -0.394 e. The molecule has 0 aliphatic heterocycles. The van der Waals surface area contributed by atoms with Crippen molar-refractivity contribution in [3.63, 3.8) is 0 Å². The molecule has 0 heterocycles. The zero-order valence-corrected chi connectivity index (χ0v) is 12.5. The normalized spacial score (nSPS) is 21.7. The zero-order chi connectivity index (χ0) is 18.7. The summed E-state index contributed by atoms with van der Waals surface area (Å²) in [5.74, 6) is 0. The summed E-state index contributed by atoms with van der Waals surface area (Å²) in [6.45, 7) is -0.210. The number of hydrogen-bond donors (Lipinski definition) is 10. The van der Waals surface area contributed by atoms with Crippen molar-refractivity contribution in [2.24, 2.45) is 0 Å². The largest absolute Gasteiger partial charge is 0.394 e. The molecule has 0 radical (unpaired) electrons. The molecule has 0 rings (SSSR count). The molecule has 0 saturated carbocycles. The first-order valence-corrected chi connectivity index (χ1v) is 6.66. The molecule has 140 valence electrons. The second-order valence-corrected chi connectivity index (χ2v) is 4.83. The van der Waals surface area contributed by atoms with E-state index in [1.165, 1.54) is 6.92 Å². The third-order valence-electron chi connectivity index (χ3n) is 2.85. The van der Waals surface area contributed by atoms with Crippen molar-refractivity contribution in [1.29, 1.82) is 0 Å². The number of aliphatic hydroxyl groups excluding tert-OH is 10. The molecular weight excluding hydrogens is 320 g/mol. The van der Waals surface area contributed by atoms with Gasteiger partial charge in [-0.1, -0.05) is 0 Å². The van der Waals surface area contributed by atoms with Gasteiger partial charge in [0, 0.05) is 0 Å². The molecule has 23 heavy (non-hydrogen) atoms. The van der Waals surface area contributed by atoms with E-state index in [2.05, 4.69) is 0 Å². The maximum Gasteiger partial charge on any atom is 0.151 e. The summed E-state index contributed by atoms with van der Waals surface area (Å²) in [6.07, 6.45) is -12.3. The Morgan fingerprint density at radius 2 is 1.04 bits per heavy atom. The lowest BCUT2D eigenvalue weighted by atomic mass is 10.0. The van der Waals surface area contributed by atoms with Gasteiger partial charge >= 0.3 is 0 Å². The van der Waals surface area contributed by atoms with E-state index in [1.807, 2.05) is 0 Å². The SMILES string of the molecule is C[C@@H](O)[C@H](O)[C@H](O)[C@@H](O)C=O.OC[C@@H](O)[C@@H](O)[C@H](O)[C@@H](O)CO. The van der Waals surface area contributed by atoms with Gasteiger partial charge < -0.3 is 55.9 Å². The summed E-state index contributed by atoms with van der Waals surface area (Å²) in [6, 6.07) is 0. The number of rotatable bonds is 9. The van der Waals surface area contributed by atoms with Crippen molar-refractivity contribution in [3.05, 3.63) is 0 Å². The second kappa shape index (κ2) is 12.7. The highest BCUT2D eigenvalue weighted by atomic mass is 16.4. The molecule has 0 amide bonds. The molecule has 11 nitrogen and oxygen atoms in total. The molecular formula is C12H26O11. The van der Waals surface area contributed by atoms with Gasteiger partial charge in [0.25, 0.3) is 0 Å². The minimum absolute atomic E-state index is 0.0935. The maximum atomic E-state index is 9.87. The molecule has 11 heteroatoms. The smallest absolute Gasteiger partial charge is 0.151 e. The van der Waals surface area contributed by atoms with Crippen LogP contribution < -0.4 is 0 Å². The van der Waals surface area contributed by atoms with E-state index in [0.717, 1.165) is 0 Å². The highest BCUT2D eigenvalue weighted by Gasteiger charge is 2.29. The molecule has 0 spiro atoms. The summed E-state index contributed by atoms with van der Waals surface area (Å²) < 4.78 is 0. The van der Waals surface area contributed by atoms with Crippen LogP contribution in [-0.2, 0) is 4.79 Å². The summed E-state index contributed by atoms with van der Waals surface area (Å²) >= 11 is 0. The molecule has 0 aromatic rings. The molecule has 0 aliphatic rings. The van der Waals surface area contributed by atoms with Gasteiger partial charge in [0.15, 0.2) is 6.29 Å². The van der Waals surface area contributed by atoms with Gasteiger partial charge in [-0.3, -0.25) is 0 Å². The lowest BCUT2D eigenvalue weighted by Gasteiger charge is -2.24. The lowest BCUT2D eigenvalue weighted by molar-refractivity contribution is -0.132. The van der Waals surface area contributed by atoms with Gasteiger partial charge in [-0.05, 0) is 6.92 Å². The highest BCUT2D eigenvalue weighted by Crippen LogP contribution is 2.04. The predicted octanol–water partition coefficient (Wildman–Crippen LogP) is -5.94. The quantitative estimate of drug-likeness (QED) is 0.177. The Bertz CT molecular complexity index is 287. The third-order valence-corrected chi connectivity index (χ3v) is 2.85. The van der Waals surface area contributed by atoms with Crippen LogP contribution in [0.15, 0.2) is 0 Å². The van der Waals surface area contributed by atoms with Gasteiger partial charge in [-0.2, -0.15) is 0 Å². The minimum atomic E-state index is -1.67. The Hall–Kier alpha value is -0.730. The van der Waals surface area contributed by atoms with E-state index in [4.69, 9.17) is 51.1 Å². The predicted molar refractivity (Wildman–Crippen MR) is 74.0 cm³/mol. The molecule has 0 bridgehead atoms. The molecule has 8 atom stereocenters. The molecule has 10 N–H and O–H groups in total. The number of aliphatic hydroxyl groups is 10. The summed E-state index contributed by atoms with van der Waals surface area (Å²) in [5, 5.41) is 87.3. The van der Waals surface area contributed by atoms with Crippen LogP contribution in [0.25, 0.3) is 0 Å². The van der Waals surface area contributed by atoms with E-state index in [0.29, 0.717) is 0 Å². The highest BCUT2D eigenvalue weighted by molar-refractivity contribution is 5.56. The first-order valence-electron chi connectivity index (χ1n) is 6.66. The van der Waals surface area contributed by atoms with Crippen LogP contribution in [0, 0.1) is 0 Å². The van der Waals surface area contributed by atoms with Crippen LogP contribution >= 0.6 is 0 Å². The molecule has 0 aliphatic carbocycles. The Kier molecular flexibility index (Phi) is 13.5. The Morgan fingerprint density at radius 1 is 0.696 bits per heavy atom. The summed E-state index contributed by atoms with van der Waals surface area (Å²) in [5.41, 5.74) is 0. The van der Waals surface area contributed by atoms with Crippen molar-refractivity contribution < 1.29 is 55.9 Å². The fraction of sp³-hybridized carbons (Fsp3) is 0.917. The van der Waals surface area contributed by atoms with Crippen molar-refractivity contribution in [1.82, 2.24) is 0 Å². The Balaban J connectivity index is 0. The second-order valence-electron chi connectivity index (χ2n) is 4.83. The van der Waals surface area contributed by atoms with E-state index < -0.39 is 62.0 Å². The van der Waals surface area contributed by atoms with Crippen LogP contribution in [0.2, 0.25) is 0 Å². The third kappa shape index (κ3) is 9.22. The molecule has 0 fully saturated rings. The van der Waals surface area contributed by atoms with Gasteiger partial charge in [-0.25, -0.2) is 0 Å². The fourth-order valence-corrected chi connectivity index (χ4v) is 1.24. The van der Waals surface area contributed by atoms with Crippen molar-refractivity contribution in [2.45, 2.75) is 55.8 Å². The van der Waals surface area contributed by atoms with Crippen LogP contribution in [0.3, 0.4) is 0 Å². The Labute approximate surface area is 132 Å². The molecule has 0 aromatic carbocycles. The van der Waals surface area contributed by atoms with E-state index in [1.54, 1.807) is 0 Å². The van der Waals surface area contributed by atoms with Gasteiger partial charge in [0.05, 0.1) is 19.3 Å². The first-order chi connectivity index (χ1) is 10.5. The van der Waals surface area contributed by atoms with Crippen LogP contribution in [0.5, 0.6) is 0 Å². The van der Waals surface area contributed by atoms with Crippen LogP contribution in [0.1, 0.15) is 6.92 Å². The van der Waals surface area contributed by atoms with Gasteiger partial charge in [0.1, 0.15) is 42.7 Å². The molecule has 0 aromatic heterocycles. The number of hydrogen-bond acceptors (Lipinski definition) is 11. The summed E-state index contributed by atoms with van der Waals surface area (Å²) in [7, 11) is 0. The first kappa shape index (κ1) is 24.5. The van der Waals surface area contributed by atoms with Crippen molar-refractivity contribution >= 4 is 6.29 Å². The van der Waals surface area contributed by atoms with Crippen LogP contribution in [-0.4, -0.2) is 119 Å². The van der Waals surface area contributed by atoms with Gasteiger partial charge in [-0.15, -0.1) is 0 Å². The lowest BCUT2D eigenvalue weighted by Crippen LogP contribution is -2.46. The molecule has 0 saturated heterocycles. The average molecular weight is 346 g/mol. The van der Waals surface area contributed by atoms with Crippen LogP contribution in [0.4, 0.5) is 0 Å². The Morgan fingerprint density at radius 3 is 1.26 bits per heavy atom. The monoisotopic (exact) mass is 346 g/mol. The number of carbonyl (C=O) groups is 1. The zero-order valence-electron chi connectivity index (χ0n) is 12.5. The van der Waals surface area contributed by atoms with Crippen molar-refractivity contribution in [3.8, 4) is 0 Å². The maximum absolute atomic E-state index is 9.87. The van der Waals surface area contributed by atoms with Gasteiger partial charge in [0.2, 0.25) is 0 Å². The topological polar surface area (TPSA) is 219 Å². The van der Waals surface area contributed by atoms with E-state index in [-0.39, 0.29) is 6.29 Å². The van der Waals surface area contributed by atoms with E-state index >= 15 is 0 Å². The van der Waals surface area contributed by atoms with E-state index in [9.17, 15) is 4.79 Å².